The summed E-state index contributed by atoms with van der Waals surface area (Å²) in [5.74, 6) is -1.20. The Hall–Kier alpha value is -5.51. The number of nitrogens with one attached hydrogen (secondary N) is 2. The molecule has 1 amide bonds. The largest absolute Gasteiger partial charge is 0.425 e. The highest BCUT2D eigenvalue weighted by molar-refractivity contribution is 5.99. The molecule has 0 spiro atoms. The van der Waals surface area contributed by atoms with Crippen LogP contribution in [0.2, 0.25) is 0 Å². The molecule has 3 aromatic rings. The molecule has 0 unspecified atom stereocenters. The lowest BCUT2D eigenvalue weighted by atomic mass is 10.1. The van der Waals surface area contributed by atoms with Crippen LogP contribution in [0, 0.1) is 10.8 Å². The molecule has 0 aliphatic heterocycles. The molecule has 0 saturated heterocycles. The van der Waals surface area contributed by atoms with E-state index in [4.69, 9.17) is 31.8 Å². The van der Waals surface area contributed by atoms with Crippen LogP contribution in [0.15, 0.2) is 91.0 Å². The van der Waals surface area contributed by atoms with Crippen LogP contribution in [0.1, 0.15) is 34.0 Å². The first-order chi connectivity index (χ1) is 19.1. The first-order valence-corrected chi connectivity index (χ1v) is 12.1. The average molecular weight is 540 g/mol. The summed E-state index contributed by atoms with van der Waals surface area (Å²) in [6, 6.07) is 18.9. The van der Waals surface area contributed by atoms with Crippen LogP contribution in [0.3, 0.4) is 0 Å². The van der Waals surface area contributed by atoms with Crippen molar-refractivity contribution in [3.05, 3.63) is 113 Å². The maximum Gasteiger partial charge on any atom is 0.343 e. The third kappa shape index (κ3) is 7.99. The van der Waals surface area contributed by atoms with Crippen molar-refractivity contribution < 1.29 is 23.9 Å². The molecule has 10 nitrogen and oxygen atoms in total. The zero-order valence-electron chi connectivity index (χ0n) is 21.8. The molecule has 0 aromatic heterocycles. The molecule has 0 aliphatic rings. The topological polar surface area (TPSA) is 173 Å². The lowest BCUT2D eigenvalue weighted by Gasteiger charge is -2.20. The smallest absolute Gasteiger partial charge is 0.343 e. The number of carbonyl (C=O) groups excluding carboxylic acids is 3. The summed E-state index contributed by atoms with van der Waals surface area (Å²) in [4.78, 5) is 39.3. The van der Waals surface area contributed by atoms with E-state index >= 15 is 0 Å². The predicted molar refractivity (Wildman–Crippen MR) is 152 cm³/mol. The number of hydrogen-bond donors (Lipinski definition) is 4. The molecule has 0 heterocycles. The van der Waals surface area contributed by atoms with Gasteiger partial charge in [-0.3, -0.25) is 15.6 Å². The van der Waals surface area contributed by atoms with E-state index in [-0.39, 0.29) is 36.4 Å². The van der Waals surface area contributed by atoms with E-state index in [2.05, 4.69) is 6.58 Å². The van der Waals surface area contributed by atoms with Gasteiger partial charge in [0.2, 0.25) is 5.91 Å². The van der Waals surface area contributed by atoms with E-state index in [1.807, 2.05) is 0 Å². The fourth-order valence-corrected chi connectivity index (χ4v) is 3.54. The van der Waals surface area contributed by atoms with Crippen molar-refractivity contribution in [3.63, 3.8) is 0 Å². The number of amides is 1. The van der Waals surface area contributed by atoms with Crippen molar-refractivity contribution in [1.29, 1.82) is 10.8 Å². The lowest BCUT2D eigenvalue weighted by Crippen LogP contribution is -2.37. The SMILES string of the molecule is C=CCN(CC(=O)Oc1ccc(C(=N)N)cc1)C(=O)/C(C)=C/c1ccc(C(=O)Oc2ccc(C(=N)N)cc2)cc1. The van der Waals surface area contributed by atoms with Crippen molar-refractivity contribution in [2.24, 2.45) is 11.5 Å². The number of esters is 2. The van der Waals surface area contributed by atoms with Gasteiger partial charge in [-0.15, -0.1) is 6.58 Å². The maximum absolute atomic E-state index is 13.1. The first-order valence-electron chi connectivity index (χ1n) is 12.1. The number of nitrogens with zero attached hydrogens (tertiary/aromatic N) is 1. The molecule has 0 saturated carbocycles. The molecule has 204 valence electrons. The van der Waals surface area contributed by atoms with E-state index in [1.54, 1.807) is 73.7 Å². The number of rotatable bonds is 11. The van der Waals surface area contributed by atoms with Crippen molar-refractivity contribution in [2.75, 3.05) is 13.1 Å². The fourth-order valence-electron chi connectivity index (χ4n) is 3.54. The second-order valence-electron chi connectivity index (χ2n) is 8.66. The Kier molecular flexibility index (Phi) is 9.68. The number of ether oxygens (including phenoxy) is 2. The van der Waals surface area contributed by atoms with Crippen LogP contribution >= 0.6 is 0 Å². The minimum absolute atomic E-state index is 0.0832. The monoisotopic (exact) mass is 539 g/mol. The zero-order chi connectivity index (χ0) is 29.2. The quantitative estimate of drug-likeness (QED) is 0.0721. The molecular formula is C30H29N5O5. The molecule has 6 N–H and O–H groups in total. The summed E-state index contributed by atoms with van der Waals surface area (Å²) in [7, 11) is 0. The van der Waals surface area contributed by atoms with Gasteiger partial charge in [0.05, 0.1) is 5.56 Å². The van der Waals surface area contributed by atoms with Crippen molar-refractivity contribution >= 4 is 35.6 Å². The van der Waals surface area contributed by atoms with Crippen LogP contribution in [0.4, 0.5) is 0 Å². The number of benzene rings is 3. The van der Waals surface area contributed by atoms with Gasteiger partial charge < -0.3 is 25.8 Å². The Balaban J connectivity index is 1.62. The van der Waals surface area contributed by atoms with Crippen molar-refractivity contribution in [2.45, 2.75) is 6.92 Å². The van der Waals surface area contributed by atoms with Crippen LogP contribution in [-0.4, -0.2) is 47.5 Å². The highest BCUT2D eigenvalue weighted by Crippen LogP contribution is 2.17. The van der Waals surface area contributed by atoms with Crippen LogP contribution in [-0.2, 0) is 9.59 Å². The van der Waals surface area contributed by atoms with Gasteiger partial charge >= 0.3 is 11.9 Å². The van der Waals surface area contributed by atoms with Crippen LogP contribution in [0.25, 0.3) is 6.08 Å². The lowest BCUT2D eigenvalue weighted by molar-refractivity contribution is -0.140. The Morgan fingerprint density at radius 1 is 0.800 bits per heavy atom. The zero-order valence-corrected chi connectivity index (χ0v) is 21.8. The summed E-state index contributed by atoms with van der Waals surface area (Å²) < 4.78 is 10.7. The minimum Gasteiger partial charge on any atom is -0.425 e. The van der Waals surface area contributed by atoms with Crippen molar-refractivity contribution in [1.82, 2.24) is 4.90 Å². The number of hydrogen-bond acceptors (Lipinski definition) is 7. The van der Waals surface area contributed by atoms with E-state index < -0.39 is 11.9 Å². The molecule has 3 rings (SSSR count). The Morgan fingerprint density at radius 2 is 1.27 bits per heavy atom. The van der Waals surface area contributed by atoms with Gasteiger partial charge in [-0.25, -0.2) is 9.59 Å². The van der Waals surface area contributed by atoms with Gasteiger partial charge in [-0.05, 0) is 79.2 Å². The molecular weight excluding hydrogens is 510 g/mol. The van der Waals surface area contributed by atoms with Crippen molar-refractivity contribution in [3.8, 4) is 11.5 Å². The van der Waals surface area contributed by atoms with E-state index in [1.165, 1.54) is 23.1 Å². The highest BCUT2D eigenvalue weighted by atomic mass is 16.5. The summed E-state index contributed by atoms with van der Waals surface area (Å²) in [5.41, 5.74) is 13.2. The van der Waals surface area contributed by atoms with Gasteiger partial charge in [-0.1, -0.05) is 18.2 Å². The third-order valence-electron chi connectivity index (χ3n) is 5.60. The number of amidine groups is 2. The summed E-state index contributed by atoms with van der Waals surface area (Å²) in [6.45, 7) is 5.10. The predicted octanol–water partition coefficient (Wildman–Crippen LogP) is 3.50. The van der Waals surface area contributed by atoms with E-state index in [0.29, 0.717) is 33.6 Å². The fraction of sp³-hybridized carbons (Fsp3) is 0.100. The molecule has 0 atom stereocenters. The first kappa shape index (κ1) is 29.1. The second kappa shape index (κ2) is 13.3. The molecule has 3 aromatic carbocycles. The van der Waals surface area contributed by atoms with Gasteiger partial charge in [0.15, 0.2) is 0 Å². The Morgan fingerprint density at radius 3 is 1.75 bits per heavy atom. The molecule has 0 fully saturated rings. The molecule has 0 radical (unpaired) electrons. The van der Waals surface area contributed by atoms with Gasteiger partial charge in [0.25, 0.3) is 0 Å². The summed E-state index contributed by atoms with van der Waals surface area (Å²) in [5, 5.41) is 14.8. The number of nitrogens with two attached hydrogens (primary N) is 2. The van der Waals surface area contributed by atoms with E-state index in [0.717, 1.165) is 0 Å². The average Bonchev–Trinajstić information content (AvgIpc) is 2.93. The highest BCUT2D eigenvalue weighted by Gasteiger charge is 2.19. The van der Waals surface area contributed by atoms with E-state index in [9.17, 15) is 14.4 Å². The number of nitrogen functional groups attached to an aromatic ring is 2. The molecule has 40 heavy (non-hydrogen) atoms. The van der Waals surface area contributed by atoms with Crippen LogP contribution in [0.5, 0.6) is 11.5 Å². The molecule has 0 aliphatic carbocycles. The minimum atomic E-state index is -0.641. The van der Waals surface area contributed by atoms with Gasteiger partial charge in [-0.2, -0.15) is 0 Å². The van der Waals surface area contributed by atoms with Gasteiger partial charge in [0, 0.05) is 23.2 Å². The third-order valence-corrected chi connectivity index (χ3v) is 5.60. The molecule has 0 bridgehead atoms. The summed E-state index contributed by atoms with van der Waals surface area (Å²) >= 11 is 0. The summed E-state index contributed by atoms with van der Waals surface area (Å²) in [6.07, 6.45) is 3.15. The molecule has 10 heteroatoms. The Labute approximate surface area is 231 Å². The Bertz CT molecular complexity index is 1460. The normalized spacial score (nSPS) is 10.8. The standard InChI is InChI=1S/C30H29N5O5/c1-3-16-35(18-26(36)39-24-12-8-21(9-13-24)27(31)32)29(37)19(2)17-20-4-6-23(7-5-20)30(38)40-25-14-10-22(11-15-25)28(33)34/h3-15,17H,1,16,18H2,2H3,(H3,31,32)(H3,33,34)/b19-17+. The van der Waals surface area contributed by atoms with Crippen LogP contribution < -0.4 is 20.9 Å². The second-order valence-corrected chi connectivity index (χ2v) is 8.66. The van der Waals surface area contributed by atoms with Gasteiger partial charge in [0.1, 0.15) is 29.7 Å². The number of carbonyl (C=O) groups is 3. The maximum atomic E-state index is 13.1.